The number of nitrogens with zero attached hydrogens (tertiary/aromatic N) is 2. The van der Waals surface area contributed by atoms with Crippen molar-refractivity contribution in [3.63, 3.8) is 0 Å². The number of hydrogen-bond acceptors (Lipinski definition) is 4. The first-order chi connectivity index (χ1) is 10.2. The summed E-state index contributed by atoms with van der Waals surface area (Å²) in [6.45, 7) is 8.61. The molecule has 2 rings (SSSR count). The number of carbonyl (C=O) groups is 1. The van der Waals surface area contributed by atoms with E-state index in [1.165, 1.54) is 0 Å². The lowest BCUT2D eigenvalue weighted by molar-refractivity contribution is 0.0187. The maximum Gasteiger partial charge on any atom is 0.410 e. The van der Waals surface area contributed by atoms with E-state index in [2.05, 4.69) is 4.98 Å². The molecule has 6 nitrogen and oxygen atoms in total. The van der Waals surface area contributed by atoms with E-state index in [9.17, 15) is 9.59 Å². The molecule has 0 radical (unpaired) electrons. The molecule has 0 aromatic carbocycles. The first kappa shape index (κ1) is 16.7. The molecular weight excluding hydrogens is 302 g/mol. The van der Waals surface area contributed by atoms with Gasteiger partial charge in [0.2, 0.25) is 0 Å². The Hall–Kier alpha value is -1.63. The number of ether oxygens (including phenoxy) is 1. The summed E-state index contributed by atoms with van der Waals surface area (Å²) in [5.41, 5.74) is 0.200. The lowest BCUT2D eigenvalue weighted by Gasteiger charge is -2.34. The van der Waals surface area contributed by atoms with Crippen molar-refractivity contribution in [2.24, 2.45) is 0 Å². The average molecular weight is 325 g/mol. The maximum atomic E-state index is 12.0. The molecule has 2 heterocycles. The topological polar surface area (TPSA) is 67.3 Å². The maximum absolute atomic E-state index is 12.0. The van der Waals surface area contributed by atoms with Gasteiger partial charge in [-0.05, 0) is 40.5 Å². The Morgan fingerprint density at radius 2 is 1.95 bits per heavy atom. The number of aromatic amines is 1. The van der Waals surface area contributed by atoms with Crippen molar-refractivity contribution in [2.45, 2.75) is 52.2 Å². The third-order valence-corrected chi connectivity index (χ3v) is 4.08. The zero-order chi connectivity index (χ0) is 16.5. The number of aryl methyl sites for hydroxylation is 1. The highest BCUT2D eigenvalue weighted by molar-refractivity contribution is 7.71. The van der Waals surface area contributed by atoms with Gasteiger partial charge in [-0.3, -0.25) is 9.55 Å². The van der Waals surface area contributed by atoms with Crippen molar-refractivity contribution in [3.05, 3.63) is 26.9 Å². The molecule has 7 heteroatoms. The first-order valence-electron chi connectivity index (χ1n) is 7.47. The van der Waals surface area contributed by atoms with Crippen molar-refractivity contribution < 1.29 is 9.53 Å². The Morgan fingerprint density at radius 1 is 1.36 bits per heavy atom. The fraction of sp³-hybridized carbons (Fsp3) is 0.667. The number of carbonyl (C=O) groups excluding carboxylic acids is 1. The van der Waals surface area contributed by atoms with Gasteiger partial charge in [0, 0.05) is 30.9 Å². The molecule has 1 amide bonds. The Kier molecular flexibility index (Phi) is 4.75. The van der Waals surface area contributed by atoms with E-state index in [-0.39, 0.29) is 17.8 Å². The van der Waals surface area contributed by atoms with Crippen molar-refractivity contribution in [1.29, 1.82) is 0 Å². The molecule has 0 aliphatic carbocycles. The lowest BCUT2D eigenvalue weighted by atomic mass is 10.1. The van der Waals surface area contributed by atoms with E-state index >= 15 is 0 Å². The Balaban J connectivity index is 2.04. The van der Waals surface area contributed by atoms with E-state index in [4.69, 9.17) is 17.0 Å². The number of amides is 1. The summed E-state index contributed by atoms with van der Waals surface area (Å²) in [7, 11) is 0. The Bertz CT molecular complexity index is 664. The SMILES string of the molecule is Cc1cn(C2CCN(C(=O)OC(C)(C)C)CC2)c(=O)[nH]c1=S. The van der Waals surface area contributed by atoms with Crippen molar-refractivity contribution in [2.75, 3.05) is 13.1 Å². The van der Waals surface area contributed by atoms with Gasteiger partial charge in [0.25, 0.3) is 0 Å². The summed E-state index contributed by atoms with van der Waals surface area (Å²) in [5.74, 6) is 0. The molecule has 0 atom stereocenters. The molecule has 1 aliphatic heterocycles. The van der Waals surface area contributed by atoms with Gasteiger partial charge in [0.1, 0.15) is 10.2 Å². The van der Waals surface area contributed by atoms with E-state index < -0.39 is 5.60 Å². The molecule has 0 unspecified atom stereocenters. The highest BCUT2D eigenvalue weighted by Crippen LogP contribution is 2.22. The minimum absolute atomic E-state index is 0.0803. The number of aromatic nitrogens is 2. The summed E-state index contributed by atoms with van der Waals surface area (Å²) in [6.07, 6.45) is 2.96. The molecule has 1 aromatic rings. The normalized spacial score (nSPS) is 16.6. The summed E-state index contributed by atoms with van der Waals surface area (Å²) >= 11 is 5.07. The minimum atomic E-state index is -0.490. The summed E-state index contributed by atoms with van der Waals surface area (Å²) in [5, 5.41) is 0. The minimum Gasteiger partial charge on any atom is -0.444 e. The smallest absolute Gasteiger partial charge is 0.410 e. The summed E-state index contributed by atoms with van der Waals surface area (Å²) in [6, 6.07) is 0.0803. The highest BCUT2D eigenvalue weighted by atomic mass is 32.1. The van der Waals surface area contributed by atoms with Crippen molar-refractivity contribution in [3.8, 4) is 0 Å². The van der Waals surface area contributed by atoms with Gasteiger partial charge in [-0.15, -0.1) is 0 Å². The number of H-pyrrole nitrogens is 1. The fourth-order valence-electron chi connectivity index (χ4n) is 2.51. The number of hydrogen-bond donors (Lipinski definition) is 1. The first-order valence-corrected chi connectivity index (χ1v) is 7.88. The Morgan fingerprint density at radius 3 is 2.50 bits per heavy atom. The highest BCUT2D eigenvalue weighted by Gasteiger charge is 2.27. The van der Waals surface area contributed by atoms with Crippen LogP contribution in [0.15, 0.2) is 11.0 Å². The summed E-state index contributed by atoms with van der Waals surface area (Å²) in [4.78, 5) is 28.5. The Labute approximate surface area is 135 Å². The van der Waals surface area contributed by atoms with Gasteiger partial charge in [0.15, 0.2) is 0 Å². The lowest BCUT2D eigenvalue weighted by Crippen LogP contribution is -2.43. The largest absolute Gasteiger partial charge is 0.444 e. The van der Waals surface area contributed by atoms with Crippen LogP contribution in [0.1, 0.15) is 45.2 Å². The number of piperidine rings is 1. The van der Waals surface area contributed by atoms with Gasteiger partial charge >= 0.3 is 11.8 Å². The van der Waals surface area contributed by atoms with Crippen LogP contribution in [0.25, 0.3) is 0 Å². The second-order valence-corrected chi connectivity index (χ2v) is 7.09. The van der Waals surface area contributed by atoms with Gasteiger partial charge in [0.05, 0.1) is 0 Å². The molecule has 1 aromatic heterocycles. The second-order valence-electron chi connectivity index (χ2n) is 6.68. The van der Waals surface area contributed by atoms with Crippen molar-refractivity contribution >= 4 is 18.3 Å². The van der Waals surface area contributed by atoms with Gasteiger partial charge < -0.3 is 9.64 Å². The zero-order valence-electron chi connectivity index (χ0n) is 13.5. The number of nitrogens with one attached hydrogen (secondary N) is 1. The van der Waals surface area contributed by atoms with Crippen LogP contribution in [0, 0.1) is 11.6 Å². The van der Waals surface area contributed by atoms with Crippen LogP contribution in [0.2, 0.25) is 0 Å². The zero-order valence-corrected chi connectivity index (χ0v) is 14.3. The molecule has 0 saturated carbocycles. The monoisotopic (exact) mass is 325 g/mol. The van der Waals surface area contributed by atoms with Crippen LogP contribution < -0.4 is 5.69 Å². The standard InChI is InChI=1S/C15H23N3O3S/c1-10-9-18(13(19)16-12(10)22)11-5-7-17(8-6-11)14(20)21-15(2,3)4/h9,11H,5-8H2,1-4H3,(H,16,19,22). The van der Waals surface area contributed by atoms with Gasteiger partial charge in [-0.2, -0.15) is 0 Å². The van der Waals surface area contributed by atoms with Crippen molar-refractivity contribution in [1.82, 2.24) is 14.5 Å². The number of likely N-dealkylation sites (tertiary alicyclic amines) is 1. The van der Waals surface area contributed by atoms with Crippen LogP contribution in [0.4, 0.5) is 4.79 Å². The predicted molar refractivity (Wildman–Crippen MR) is 86.7 cm³/mol. The van der Waals surface area contributed by atoms with Crippen LogP contribution in [0.5, 0.6) is 0 Å². The summed E-state index contributed by atoms with van der Waals surface area (Å²) < 4.78 is 7.55. The average Bonchev–Trinajstić information content (AvgIpc) is 2.41. The van der Waals surface area contributed by atoms with E-state index in [0.29, 0.717) is 17.7 Å². The van der Waals surface area contributed by atoms with Crippen LogP contribution in [-0.2, 0) is 4.74 Å². The predicted octanol–water partition coefficient (Wildman–Crippen LogP) is 2.79. The molecular formula is C15H23N3O3S. The van der Waals surface area contributed by atoms with Gasteiger partial charge in [-0.25, -0.2) is 9.59 Å². The third kappa shape index (κ3) is 3.97. The molecule has 1 N–H and O–H groups in total. The second kappa shape index (κ2) is 6.24. The quantitative estimate of drug-likeness (QED) is 0.806. The molecule has 1 aliphatic rings. The van der Waals surface area contributed by atoms with Gasteiger partial charge in [-0.1, -0.05) is 12.2 Å². The van der Waals surface area contributed by atoms with E-state index in [0.717, 1.165) is 18.4 Å². The molecule has 22 heavy (non-hydrogen) atoms. The van der Waals surface area contributed by atoms with Crippen LogP contribution in [0.3, 0.4) is 0 Å². The third-order valence-electron chi connectivity index (χ3n) is 3.66. The molecule has 1 saturated heterocycles. The van der Waals surface area contributed by atoms with E-state index in [1.54, 1.807) is 15.7 Å². The molecule has 1 fully saturated rings. The molecule has 122 valence electrons. The number of rotatable bonds is 1. The van der Waals surface area contributed by atoms with Crippen LogP contribution in [-0.4, -0.2) is 39.2 Å². The van der Waals surface area contributed by atoms with Crippen LogP contribution >= 0.6 is 12.2 Å². The van der Waals surface area contributed by atoms with E-state index in [1.807, 2.05) is 27.7 Å². The fourth-order valence-corrected chi connectivity index (χ4v) is 2.65. The molecule has 0 bridgehead atoms. The molecule has 0 spiro atoms.